The summed E-state index contributed by atoms with van der Waals surface area (Å²) < 4.78 is 0. The molecule has 1 aromatic rings. The molecule has 0 saturated heterocycles. The van der Waals surface area contributed by atoms with E-state index < -0.39 is 5.97 Å². The number of anilines is 1. The first kappa shape index (κ1) is 14.6. The molecule has 0 unspecified atom stereocenters. The van der Waals surface area contributed by atoms with Gasteiger partial charge in [0.05, 0.1) is 6.42 Å². The topological polar surface area (TPSA) is 40.5 Å². The molecule has 0 amide bonds. The fourth-order valence-corrected chi connectivity index (χ4v) is 2.18. The monoisotopic (exact) mass is 249 g/mol. The zero-order valence-electron chi connectivity index (χ0n) is 11.7. The number of nitrogens with zero attached hydrogens (tertiary/aromatic N) is 1. The average molecular weight is 249 g/mol. The molecule has 0 bridgehead atoms. The lowest BCUT2D eigenvalue weighted by Gasteiger charge is -2.30. The van der Waals surface area contributed by atoms with Crippen molar-refractivity contribution in [3.05, 3.63) is 29.8 Å². The largest absolute Gasteiger partial charge is 0.481 e. The van der Waals surface area contributed by atoms with Crippen LogP contribution in [0.4, 0.5) is 5.69 Å². The van der Waals surface area contributed by atoms with Crippen LogP contribution >= 0.6 is 0 Å². The van der Waals surface area contributed by atoms with Gasteiger partial charge in [0.1, 0.15) is 0 Å². The third-order valence-electron chi connectivity index (χ3n) is 3.08. The van der Waals surface area contributed by atoms with Crippen LogP contribution in [0.15, 0.2) is 24.3 Å². The lowest BCUT2D eigenvalue weighted by Crippen LogP contribution is -2.33. The molecule has 3 heteroatoms. The summed E-state index contributed by atoms with van der Waals surface area (Å²) in [6.45, 7) is 6.83. The van der Waals surface area contributed by atoms with Gasteiger partial charge in [0.15, 0.2) is 0 Å². The summed E-state index contributed by atoms with van der Waals surface area (Å²) >= 11 is 0. The average Bonchev–Trinajstić information content (AvgIpc) is 2.26. The Morgan fingerprint density at radius 3 is 2.28 bits per heavy atom. The maximum absolute atomic E-state index is 10.8. The zero-order valence-corrected chi connectivity index (χ0v) is 11.7. The number of hydrogen-bond acceptors (Lipinski definition) is 2. The zero-order chi connectivity index (χ0) is 13.8. The van der Waals surface area contributed by atoms with E-state index in [1.165, 1.54) is 5.56 Å². The summed E-state index contributed by atoms with van der Waals surface area (Å²) in [5.41, 5.74) is 2.21. The molecular formula is C15H23NO2. The predicted octanol–water partition coefficient (Wildman–Crippen LogP) is 3.19. The number of benzene rings is 1. The van der Waals surface area contributed by atoms with Gasteiger partial charge in [-0.3, -0.25) is 4.79 Å². The Hall–Kier alpha value is -1.51. The minimum absolute atomic E-state index is 0.185. The number of rotatable bonds is 6. The highest BCUT2D eigenvalue weighted by Gasteiger charge is 2.23. The summed E-state index contributed by atoms with van der Waals surface area (Å²) in [5.74, 6) is -0.741. The second kappa shape index (κ2) is 5.89. The van der Waals surface area contributed by atoms with Crippen molar-refractivity contribution in [1.29, 1.82) is 0 Å². The minimum Gasteiger partial charge on any atom is -0.481 e. The molecule has 0 atom stereocenters. The molecule has 0 aliphatic carbocycles. The molecule has 0 aliphatic heterocycles. The summed E-state index contributed by atoms with van der Waals surface area (Å²) in [6, 6.07) is 8.43. The standard InChI is InChI=1S/C15H23NO2/c1-5-12-6-8-13(9-7-12)16(4)11-15(2,3)10-14(17)18/h6-9H,5,10-11H2,1-4H3,(H,17,18). The molecule has 0 aliphatic rings. The Morgan fingerprint density at radius 2 is 1.83 bits per heavy atom. The van der Waals surface area contributed by atoms with E-state index in [2.05, 4.69) is 36.1 Å². The van der Waals surface area contributed by atoms with Gasteiger partial charge < -0.3 is 10.0 Å². The molecule has 0 radical (unpaired) electrons. The molecule has 3 nitrogen and oxygen atoms in total. The van der Waals surface area contributed by atoms with E-state index in [0.717, 1.165) is 18.7 Å². The Bertz CT molecular complexity index is 395. The first-order chi connectivity index (χ1) is 8.34. The fraction of sp³-hybridized carbons (Fsp3) is 0.533. The Morgan fingerprint density at radius 1 is 1.28 bits per heavy atom. The van der Waals surface area contributed by atoms with Crippen LogP contribution in [-0.4, -0.2) is 24.7 Å². The third-order valence-corrected chi connectivity index (χ3v) is 3.08. The minimum atomic E-state index is -0.741. The quantitative estimate of drug-likeness (QED) is 0.841. The van der Waals surface area contributed by atoms with Crippen molar-refractivity contribution in [1.82, 2.24) is 0 Å². The smallest absolute Gasteiger partial charge is 0.303 e. The molecule has 0 aromatic heterocycles. The Balaban J connectivity index is 2.68. The van der Waals surface area contributed by atoms with Gasteiger partial charge in [-0.15, -0.1) is 0 Å². The van der Waals surface area contributed by atoms with E-state index >= 15 is 0 Å². The lowest BCUT2D eigenvalue weighted by atomic mass is 9.88. The fourth-order valence-electron chi connectivity index (χ4n) is 2.18. The van der Waals surface area contributed by atoms with Crippen molar-refractivity contribution < 1.29 is 9.90 Å². The highest BCUT2D eigenvalue weighted by Crippen LogP contribution is 2.24. The van der Waals surface area contributed by atoms with Crippen LogP contribution < -0.4 is 4.90 Å². The van der Waals surface area contributed by atoms with Crippen LogP contribution in [0, 0.1) is 5.41 Å². The van der Waals surface area contributed by atoms with Crippen molar-refractivity contribution >= 4 is 11.7 Å². The molecule has 100 valence electrons. The van der Waals surface area contributed by atoms with Gasteiger partial charge in [-0.1, -0.05) is 32.9 Å². The number of hydrogen-bond donors (Lipinski definition) is 1. The molecule has 1 rings (SSSR count). The second-order valence-corrected chi connectivity index (χ2v) is 5.61. The van der Waals surface area contributed by atoms with Crippen LogP contribution in [0.1, 0.15) is 32.8 Å². The van der Waals surface area contributed by atoms with Crippen molar-refractivity contribution in [2.45, 2.75) is 33.6 Å². The highest BCUT2D eigenvalue weighted by atomic mass is 16.4. The summed E-state index contributed by atoms with van der Waals surface area (Å²) in [4.78, 5) is 12.9. The molecule has 1 N–H and O–H groups in total. The Kier molecular flexibility index (Phi) is 4.76. The van der Waals surface area contributed by atoms with Crippen molar-refractivity contribution in [2.24, 2.45) is 5.41 Å². The van der Waals surface area contributed by atoms with Crippen LogP contribution in [0.5, 0.6) is 0 Å². The van der Waals surface area contributed by atoms with Crippen LogP contribution in [-0.2, 0) is 11.2 Å². The number of carboxylic acid groups (broad SMARTS) is 1. The van der Waals surface area contributed by atoms with E-state index in [1.54, 1.807) is 0 Å². The second-order valence-electron chi connectivity index (χ2n) is 5.61. The summed E-state index contributed by atoms with van der Waals surface area (Å²) in [7, 11) is 2.00. The first-order valence-electron chi connectivity index (χ1n) is 6.36. The van der Waals surface area contributed by atoms with Crippen LogP contribution in [0.2, 0.25) is 0 Å². The number of carboxylic acids is 1. The SMILES string of the molecule is CCc1ccc(N(C)CC(C)(C)CC(=O)O)cc1. The van der Waals surface area contributed by atoms with Gasteiger partial charge in [-0.2, -0.15) is 0 Å². The van der Waals surface area contributed by atoms with Crippen molar-refractivity contribution in [3.63, 3.8) is 0 Å². The predicted molar refractivity (Wildman–Crippen MR) is 75.1 cm³/mol. The number of aliphatic carboxylic acids is 1. The number of aryl methyl sites for hydroxylation is 1. The summed E-state index contributed by atoms with van der Waals surface area (Å²) in [5, 5.41) is 8.88. The van der Waals surface area contributed by atoms with Crippen molar-refractivity contribution in [2.75, 3.05) is 18.5 Å². The highest BCUT2D eigenvalue weighted by molar-refractivity contribution is 5.67. The van der Waals surface area contributed by atoms with Gasteiger partial charge in [0, 0.05) is 19.3 Å². The van der Waals surface area contributed by atoms with Gasteiger partial charge in [0.2, 0.25) is 0 Å². The maximum atomic E-state index is 10.8. The first-order valence-corrected chi connectivity index (χ1v) is 6.36. The van der Waals surface area contributed by atoms with Gasteiger partial charge >= 0.3 is 5.97 Å². The van der Waals surface area contributed by atoms with E-state index in [9.17, 15) is 4.79 Å². The van der Waals surface area contributed by atoms with Gasteiger partial charge in [-0.25, -0.2) is 0 Å². The number of carbonyl (C=O) groups is 1. The van der Waals surface area contributed by atoms with Gasteiger partial charge in [-0.05, 0) is 29.5 Å². The molecule has 1 aromatic carbocycles. The molecular weight excluding hydrogens is 226 g/mol. The molecule has 0 heterocycles. The molecule has 18 heavy (non-hydrogen) atoms. The third kappa shape index (κ3) is 4.40. The van der Waals surface area contributed by atoms with E-state index in [0.29, 0.717) is 0 Å². The Labute approximate surface area is 109 Å². The summed E-state index contributed by atoms with van der Waals surface area (Å²) in [6.07, 6.45) is 1.22. The van der Waals surface area contributed by atoms with Crippen molar-refractivity contribution in [3.8, 4) is 0 Å². The lowest BCUT2D eigenvalue weighted by molar-refractivity contribution is -0.139. The van der Waals surface area contributed by atoms with Crippen LogP contribution in [0.25, 0.3) is 0 Å². The van der Waals surface area contributed by atoms with Gasteiger partial charge in [0.25, 0.3) is 0 Å². The van der Waals surface area contributed by atoms with E-state index in [-0.39, 0.29) is 11.8 Å². The molecule has 0 saturated carbocycles. The van der Waals surface area contributed by atoms with E-state index in [1.807, 2.05) is 20.9 Å². The maximum Gasteiger partial charge on any atom is 0.303 e. The normalized spacial score (nSPS) is 11.3. The molecule has 0 spiro atoms. The van der Waals surface area contributed by atoms with Crippen LogP contribution in [0.3, 0.4) is 0 Å². The van der Waals surface area contributed by atoms with E-state index in [4.69, 9.17) is 5.11 Å². The molecule has 0 fully saturated rings.